The smallest absolute Gasteiger partial charge is 0.223 e. The third-order valence-corrected chi connectivity index (χ3v) is 5.28. The van der Waals surface area contributed by atoms with Crippen LogP contribution in [0.1, 0.15) is 36.3 Å². The van der Waals surface area contributed by atoms with E-state index in [0.29, 0.717) is 18.4 Å². The van der Waals surface area contributed by atoms with Crippen molar-refractivity contribution in [2.24, 2.45) is 11.8 Å². The maximum absolute atomic E-state index is 12.3. The van der Waals surface area contributed by atoms with Gasteiger partial charge >= 0.3 is 0 Å². The quantitative estimate of drug-likeness (QED) is 0.850. The third kappa shape index (κ3) is 3.92. The largest absolute Gasteiger partial charge is 0.356 e. The second kappa shape index (κ2) is 7.14. The molecule has 2 fully saturated rings. The second-order valence-electron chi connectivity index (χ2n) is 6.93. The van der Waals surface area contributed by atoms with Crippen molar-refractivity contribution in [2.45, 2.75) is 32.1 Å². The molecule has 0 radical (unpaired) electrons. The van der Waals surface area contributed by atoms with Gasteiger partial charge < -0.3 is 5.32 Å². The minimum absolute atomic E-state index is 0.162. The molecule has 0 bridgehead atoms. The van der Waals surface area contributed by atoms with E-state index in [4.69, 9.17) is 5.26 Å². The average Bonchev–Trinajstić information content (AvgIpc) is 3.35. The average molecular weight is 311 g/mol. The summed E-state index contributed by atoms with van der Waals surface area (Å²) in [6.07, 6.45) is 3.14. The van der Waals surface area contributed by atoms with E-state index in [2.05, 4.69) is 47.5 Å². The SMILES string of the molecule is Cc1ccccc1C1CC1C(=O)NCC1CCN(CC#N)CC1. The second-order valence-corrected chi connectivity index (χ2v) is 6.93. The highest BCUT2D eigenvalue weighted by atomic mass is 16.2. The number of amides is 1. The minimum Gasteiger partial charge on any atom is -0.356 e. The van der Waals surface area contributed by atoms with E-state index in [1.54, 1.807) is 0 Å². The summed E-state index contributed by atoms with van der Waals surface area (Å²) >= 11 is 0. The van der Waals surface area contributed by atoms with E-state index in [1.807, 2.05) is 0 Å². The van der Waals surface area contributed by atoms with Crippen molar-refractivity contribution in [3.63, 3.8) is 0 Å². The molecular formula is C19H25N3O. The zero-order valence-electron chi connectivity index (χ0n) is 13.8. The number of nitriles is 1. The number of likely N-dealkylation sites (tertiary alicyclic amines) is 1. The minimum atomic E-state index is 0.162. The molecule has 3 rings (SSSR count). The van der Waals surface area contributed by atoms with Crippen LogP contribution in [0, 0.1) is 30.1 Å². The summed E-state index contributed by atoms with van der Waals surface area (Å²) in [5, 5.41) is 11.9. The van der Waals surface area contributed by atoms with Crippen molar-refractivity contribution in [3.8, 4) is 6.07 Å². The lowest BCUT2D eigenvalue weighted by atomic mass is 9.96. The summed E-state index contributed by atoms with van der Waals surface area (Å²) < 4.78 is 0. The number of hydrogen-bond donors (Lipinski definition) is 1. The maximum Gasteiger partial charge on any atom is 0.223 e. The first-order valence-corrected chi connectivity index (χ1v) is 8.61. The Morgan fingerprint density at radius 2 is 2.09 bits per heavy atom. The zero-order chi connectivity index (χ0) is 16.2. The van der Waals surface area contributed by atoms with Crippen LogP contribution in [0.5, 0.6) is 0 Å². The lowest BCUT2D eigenvalue weighted by Crippen LogP contribution is -2.39. The van der Waals surface area contributed by atoms with Crippen LogP contribution in [0.4, 0.5) is 0 Å². The Hall–Kier alpha value is -1.86. The number of carbonyl (C=O) groups excluding carboxylic acids is 1. The van der Waals surface area contributed by atoms with Crippen LogP contribution >= 0.6 is 0 Å². The van der Waals surface area contributed by atoms with Gasteiger partial charge in [-0.3, -0.25) is 9.69 Å². The van der Waals surface area contributed by atoms with Gasteiger partial charge in [0.2, 0.25) is 5.91 Å². The standard InChI is InChI=1S/C19H25N3O/c1-14-4-2-3-5-16(14)17-12-18(17)19(23)21-13-15-6-9-22(10-7-15)11-8-20/h2-5,15,17-18H,6-7,9-13H2,1H3,(H,21,23). The first-order chi connectivity index (χ1) is 11.2. The van der Waals surface area contributed by atoms with Crippen LogP contribution in [0.3, 0.4) is 0 Å². The summed E-state index contributed by atoms with van der Waals surface area (Å²) in [7, 11) is 0. The van der Waals surface area contributed by atoms with Crippen molar-refractivity contribution in [1.82, 2.24) is 10.2 Å². The highest BCUT2D eigenvalue weighted by Gasteiger charge is 2.44. The summed E-state index contributed by atoms with van der Waals surface area (Å²) in [5.41, 5.74) is 2.62. The Morgan fingerprint density at radius 1 is 1.35 bits per heavy atom. The Labute approximate surface area is 138 Å². The molecule has 1 saturated heterocycles. The molecule has 1 heterocycles. The summed E-state index contributed by atoms with van der Waals surface area (Å²) in [4.78, 5) is 14.5. The van der Waals surface area contributed by atoms with Gasteiger partial charge in [-0.05, 0) is 62.2 Å². The van der Waals surface area contributed by atoms with Gasteiger partial charge in [0.05, 0.1) is 12.6 Å². The van der Waals surface area contributed by atoms with Crippen LogP contribution in [0.15, 0.2) is 24.3 Å². The molecule has 4 nitrogen and oxygen atoms in total. The number of nitrogens with zero attached hydrogens (tertiary/aromatic N) is 2. The molecule has 1 amide bonds. The van der Waals surface area contributed by atoms with Crippen molar-refractivity contribution in [2.75, 3.05) is 26.2 Å². The Kier molecular flexibility index (Phi) is 4.97. The van der Waals surface area contributed by atoms with Gasteiger partial charge in [0.25, 0.3) is 0 Å². The van der Waals surface area contributed by atoms with E-state index in [1.165, 1.54) is 11.1 Å². The molecule has 0 spiro atoms. The summed E-state index contributed by atoms with van der Waals surface area (Å²) in [6.45, 7) is 5.39. The highest BCUT2D eigenvalue weighted by molar-refractivity contribution is 5.83. The fourth-order valence-electron chi connectivity index (χ4n) is 3.66. The number of nitrogens with one attached hydrogen (secondary N) is 1. The lowest BCUT2D eigenvalue weighted by Gasteiger charge is -2.30. The Balaban J connectivity index is 1.42. The van der Waals surface area contributed by atoms with Crippen LogP contribution in [-0.2, 0) is 4.79 Å². The summed E-state index contributed by atoms with van der Waals surface area (Å²) in [6, 6.07) is 10.6. The number of rotatable bonds is 5. The van der Waals surface area contributed by atoms with Gasteiger partial charge in [0.15, 0.2) is 0 Å². The Bertz CT molecular complexity index is 599. The van der Waals surface area contributed by atoms with E-state index < -0.39 is 0 Å². The zero-order valence-corrected chi connectivity index (χ0v) is 13.8. The molecule has 1 saturated carbocycles. The number of benzene rings is 1. The Morgan fingerprint density at radius 3 is 2.78 bits per heavy atom. The van der Waals surface area contributed by atoms with Crippen molar-refractivity contribution < 1.29 is 4.79 Å². The van der Waals surface area contributed by atoms with Gasteiger partial charge in [0, 0.05) is 12.5 Å². The van der Waals surface area contributed by atoms with E-state index in [-0.39, 0.29) is 11.8 Å². The number of aryl methyl sites for hydroxylation is 1. The molecule has 2 atom stereocenters. The normalized spacial score (nSPS) is 24.9. The molecule has 1 aromatic rings. The molecule has 1 aliphatic heterocycles. The highest BCUT2D eigenvalue weighted by Crippen LogP contribution is 2.48. The fraction of sp³-hybridized carbons (Fsp3) is 0.579. The van der Waals surface area contributed by atoms with E-state index in [9.17, 15) is 4.79 Å². The summed E-state index contributed by atoms with van der Waals surface area (Å²) in [5.74, 6) is 1.35. The van der Waals surface area contributed by atoms with E-state index >= 15 is 0 Å². The van der Waals surface area contributed by atoms with Crippen LogP contribution in [-0.4, -0.2) is 37.0 Å². The number of carbonyl (C=O) groups is 1. The van der Waals surface area contributed by atoms with Gasteiger partial charge in [-0.25, -0.2) is 0 Å². The molecule has 4 heteroatoms. The van der Waals surface area contributed by atoms with Crippen molar-refractivity contribution in [1.29, 1.82) is 5.26 Å². The predicted octanol–water partition coefficient (Wildman–Crippen LogP) is 2.45. The molecular weight excluding hydrogens is 286 g/mol. The lowest BCUT2D eigenvalue weighted by molar-refractivity contribution is -0.122. The molecule has 0 aromatic heterocycles. The number of hydrogen-bond acceptors (Lipinski definition) is 3. The van der Waals surface area contributed by atoms with Crippen LogP contribution < -0.4 is 5.32 Å². The van der Waals surface area contributed by atoms with Crippen molar-refractivity contribution in [3.05, 3.63) is 35.4 Å². The van der Waals surface area contributed by atoms with Gasteiger partial charge in [-0.15, -0.1) is 0 Å². The van der Waals surface area contributed by atoms with E-state index in [0.717, 1.165) is 38.9 Å². The predicted molar refractivity (Wildman–Crippen MR) is 89.8 cm³/mol. The van der Waals surface area contributed by atoms with Crippen LogP contribution in [0.2, 0.25) is 0 Å². The van der Waals surface area contributed by atoms with Gasteiger partial charge in [0.1, 0.15) is 0 Å². The molecule has 2 aliphatic rings. The third-order valence-electron chi connectivity index (χ3n) is 5.28. The monoisotopic (exact) mass is 311 g/mol. The molecule has 1 aromatic carbocycles. The topological polar surface area (TPSA) is 56.1 Å². The van der Waals surface area contributed by atoms with Gasteiger partial charge in [-0.1, -0.05) is 24.3 Å². The molecule has 23 heavy (non-hydrogen) atoms. The first-order valence-electron chi connectivity index (χ1n) is 8.61. The molecule has 2 unspecified atom stereocenters. The van der Waals surface area contributed by atoms with Crippen molar-refractivity contribution >= 4 is 5.91 Å². The van der Waals surface area contributed by atoms with Crippen LogP contribution in [0.25, 0.3) is 0 Å². The fourth-order valence-corrected chi connectivity index (χ4v) is 3.66. The molecule has 122 valence electrons. The maximum atomic E-state index is 12.3. The number of piperidine rings is 1. The first kappa shape index (κ1) is 16.0. The van der Waals surface area contributed by atoms with Gasteiger partial charge in [-0.2, -0.15) is 5.26 Å². The molecule has 1 N–H and O–H groups in total. The molecule has 1 aliphatic carbocycles.